The fraction of sp³-hybridized carbons (Fsp3) is 0.764. The Morgan fingerprint density at radius 1 is 0.383 bits per heavy atom. The highest BCUT2D eigenvalue weighted by atomic mass is 16.7. The second-order valence-corrected chi connectivity index (χ2v) is 23.7. The Balaban J connectivity index is 4.10. The number of carbonyl (C=O) groups excluding carboxylic acids is 3. The highest BCUT2D eigenvalue weighted by Crippen LogP contribution is 2.17. The molecule has 0 rings (SSSR count). The fourth-order valence-corrected chi connectivity index (χ4v) is 9.48. The number of aliphatic carboxylic acids is 1. The molecular formula is C72H127NO8. The summed E-state index contributed by atoms with van der Waals surface area (Å²) in [6, 6.07) is 0. The smallest absolute Gasteiger partial charge is 0.306 e. The van der Waals surface area contributed by atoms with Crippen molar-refractivity contribution < 1.29 is 42.9 Å². The van der Waals surface area contributed by atoms with E-state index in [1.54, 1.807) is 0 Å². The van der Waals surface area contributed by atoms with Crippen molar-refractivity contribution in [2.75, 3.05) is 47.5 Å². The maximum atomic E-state index is 12.9. The summed E-state index contributed by atoms with van der Waals surface area (Å²) in [5.41, 5.74) is 0. The molecule has 0 saturated heterocycles. The van der Waals surface area contributed by atoms with Crippen LogP contribution in [0, 0.1) is 0 Å². The third kappa shape index (κ3) is 63.9. The second-order valence-electron chi connectivity index (χ2n) is 23.7. The number of ether oxygens (including phenoxy) is 4. The molecule has 0 aromatic heterocycles. The van der Waals surface area contributed by atoms with Crippen LogP contribution in [0.5, 0.6) is 0 Å². The first-order chi connectivity index (χ1) is 39.6. The van der Waals surface area contributed by atoms with Gasteiger partial charge in [0.1, 0.15) is 13.2 Å². The molecule has 2 atom stereocenters. The van der Waals surface area contributed by atoms with E-state index in [4.69, 9.17) is 18.9 Å². The van der Waals surface area contributed by atoms with Gasteiger partial charge in [-0.3, -0.25) is 9.59 Å². The van der Waals surface area contributed by atoms with Crippen LogP contribution in [0.25, 0.3) is 0 Å². The molecule has 0 aliphatic heterocycles. The molecule has 0 heterocycles. The summed E-state index contributed by atoms with van der Waals surface area (Å²) >= 11 is 0. The minimum Gasteiger partial charge on any atom is -0.545 e. The molecule has 2 unspecified atom stereocenters. The van der Waals surface area contributed by atoms with Crippen LogP contribution in [0.4, 0.5) is 0 Å². The molecule has 0 aromatic rings. The van der Waals surface area contributed by atoms with Crippen LogP contribution in [0.2, 0.25) is 0 Å². The third-order valence-electron chi connectivity index (χ3n) is 14.6. The average molecular weight is 1130 g/mol. The highest BCUT2D eigenvalue weighted by Gasteiger charge is 2.22. The van der Waals surface area contributed by atoms with E-state index in [1.165, 1.54) is 186 Å². The van der Waals surface area contributed by atoms with Crippen LogP contribution in [-0.4, -0.2) is 82.3 Å². The number of nitrogens with zero attached hydrogens (tertiary/aromatic N) is 1. The Morgan fingerprint density at radius 2 is 0.704 bits per heavy atom. The maximum Gasteiger partial charge on any atom is 0.306 e. The molecule has 0 bridgehead atoms. The quantitative estimate of drug-likeness (QED) is 0.0195. The molecular weight excluding hydrogens is 1010 g/mol. The van der Waals surface area contributed by atoms with Gasteiger partial charge in [0.2, 0.25) is 0 Å². The van der Waals surface area contributed by atoms with Gasteiger partial charge in [0.05, 0.1) is 40.3 Å². The number of rotatable bonds is 62. The number of allylic oxidation sites excluding steroid dienone is 14. The van der Waals surface area contributed by atoms with Crippen molar-refractivity contribution in [1.82, 2.24) is 0 Å². The van der Waals surface area contributed by atoms with Gasteiger partial charge < -0.3 is 33.3 Å². The minimum absolute atomic E-state index is 0.146. The van der Waals surface area contributed by atoms with Crippen molar-refractivity contribution in [3.05, 3.63) is 85.1 Å². The topological polar surface area (TPSA) is 111 Å². The molecule has 9 nitrogen and oxygen atoms in total. The van der Waals surface area contributed by atoms with E-state index in [0.717, 1.165) is 77.0 Å². The van der Waals surface area contributed by atoms with Crippen molar-refractivity contribution in [2.45, 2.75) is 309 Å². The van der Waals surface area contributed by atoms with Crippen molar-refractivity contribution in [2.24, 2.45) is 0 Å². The predicted molar refractivity (Wildman–Crippen MR) is 343 cm³/mol. The van der Waals surface area contributed by atoms with Crippen LogP contribution < -0.4 is 5.11 Å². The van der Waals surface area contributed by atoms with Crippen LogP contribution in [0.3, 0.4) is 0 Å². The number of likely N-dealkylation sites (N-methyl/N-ethyl adjacent to an activating group) is 1. The Labute approximate surface area is 500 Å². The van der Waals surface area contributed by atoms with Crippen LogP contribution >= 0.6 is 0 Å². The lowest BCUT2D eigenvalue weighted by molar-refractivity contribution is -0.870. The number of hydrogen-bond acceptors (Lipinski definition) is 8. The molecule has 0 spiro atoms. The van der Waals surface area contributed by atoms with Gasteiger partial charge in [0, 0.05) is 12.8 Å². The molecule has 0 N–H and O–H groups in total. The predicted octanol–water partition coefficient (Wildman–Crippen LogP) is 19.4. The number of carboxylic acid groups (broad SMARTS) is 1. The number of unbranched alkanes of at least 4 members (excludes halogenated alkanes) is 33. The Hall–Kier alpha value is -3.53. The summed E-state index contributed by atoms with van der Waals surface area (Å²) in [6.45, 7) is 4.66. The maximum absolute atomic E-state index is 12.9. The van der Waals surface area contributed by atoms with E-state index in [0.29, 0.717) is 17.4 Å². The van der Waals surface area contributed by atoms with E-state index in [2.05, 4.69) is 98.9 Å². The summed E-state index contributed by atoms with van der Waals surface area (Å²) in [7, 11) is 5.93. The van der Waals surface area contributed by atoms with Crippen LogP contribution in [-0.2, 0) is 33.3 Å². The lowest BCUT2D eigenvalue weighted by atomic mass is 10.0. The molecule has 468 valence electrons. The number of carbonyl (C=O) groups is 3. The summed E-state index contributed by atoms with van der Waals surface area (Å²) < 4.78 is 22.8. The van der Waals surface area contributed by atoms with Gasteiger partial charge in [-0.15, -0.1) is 0 Å². The molecule has 0 amide bonds. The summed E-state index contributed by atoms with van der Waals surface area (Å²) in [5.74, 6) is -2.27. The number of hydrogen-bond donors (Lipinski definition) is 0. The van der Waals surface area contributed by atoms with Gasteiger partial charge in [0.25, 0.3) is 0 Å². The lowest BCUT2D eigenvalue weighted by Crippen LogP contribution is -2.44. The number of quaternary nitrogens is 1. The largest absolute Gasteiger partial charge is 0.545 e. The molecule has 0 aliphatic carbocycles. The van der Waals surface area contributed by atoms with Gasteiger partial charge in [-0.2, -0.15) is 0 Å². The van der Waals surface area contributed by atoms with Gasteiger partial charge in [-0.05, 0) is 89.9 Å². The highest BCUT2D eigenvalue weighted by molar-refractivity contribution is 5.70. The first kappa shape index (κ1) is 77.5. The Morgan fingerprint density at radius 3 is 1.06 bits per heavy atom. The van der Waals surface area contributed by atoms with E-state index in [9.17, 15) is 19.5 Å². The SMILES string of the molecule is CC/C=C\C/C=C\C/C=C\C/C=C\C/C=C\C/C=C\CCCCCCCCCCCCCCCCCCC(=O)OC(COC(=O)CCCCCCCCCCC/C=C\CCCCCCCCCC)COC(OCC[N+](C)(C)C)C(=O)[O-]. The Kier molecular flexibility index (Phi) is 59.8. The lowest BCUT2D eigenvalue weighted by Gasteiger charge is -2.26. The molecule has 81 heavy (non-hydrogen) atoms. The van der Waals surface area contributed by atoms with Crippen molar-refractivity contribution in [3.63, 3.8) is 0 Å². The number of carboxylic acids is 1. The van der Waals surface area contributed by atoms with Crippen molar-refractivity contribution in [3.8, 4) is 0 Å². The summed E-state index contributed by atoms with van der Waals surface area (Å²) in [6.07, 6.45) is 80.8. The molecule has 0 aliphatic rings. The van der Waals surface area contributed by atoms with Gasteiger partial charge >= 0.3 is 11.9 Å². The van der Waals surface area contributed by atoms with Gasteiger partial charge in [0.15, 0.2) is 12.4 Å². The molecule has 0 fully saturated rings. The molecule has 0 aromatic carbocycles. The van der Waals surface area contributed by atoms with Gasteiger partial charge in [-0.25, -0.2) is 0 Å². The number of esters is 2. The van der Waals surface area contributed by atoms with Crippen LogP contribution in [0.1, 0.15) is 296 Å². The molecule has 0 saturated carbocycles. The van der Waals surface area contributed by atoms with Gasteiger partial charge in [-0.1, -0.05) is 279 Å². The average Bonchev–Trinajstić information content (AvgIpc) is 3.44. The van der Waals surface area contributed by atoms with E-state index in [1.807, 2.05) is 21.1 Å². The zero-order valence-electron chi connectivity index (χ0n) is 53.4. The second kappa shape index (κ2) is 62.5. The third-order valence-corrected chi connectivity index (χ3v) is 14.6. The zero-order chi connectivity index (χ0) is 59.1. The summed E-state index contributed by atoms with van der Waals surface area (Å²) in [5, 5.41) is 11.8. The first-order valence-electron chi connectivity index (χ1n) is 33.7. The first-order valence-corrected chi connectivity index (χ1v) is 33.7. The minimum atomic E-state index is -1.62. The molecule has 9 heteroatoms. The molecule has 0 radical (unpaired) electrons. The van der Waals surface area contributed by atoms with Crippen molar-refractivity contribution >= 4 is 17.9 Å². The van der Waals surface area contributed by atoms with Crippen LogP contribution in [0.15, 0.2) is 85.1 Å². The normalized spacial score (nSPS) is 13.2. The van der Waals surface area contributed by atoms with E-state index in [-0.39, 0.29) is 38.6 Å². The Bertz CT molecular complexity index is 1600. The van der Waals surface area contributed by atoms with E-state index < -0.39 is 24.3 Å². The summed E-state index contributed by atoms with van der Waals surface area (Å²) in [4.78, 5) is 37.4. The zero-order valence-corrected chi connectivity index (χ0v) is 53.4. The monoisotopic (exact) mass is 1130 g/mol. The standard InChI is InChI=1S/C72H127NO8/c1-6-8-10-12-14-16-18-20-22-24-26-28-29-30-31-32-33-34-35-36-37-38-39-40-41-43-45-47-49-51-53-55-57-59-61-63-70(75)81-68(67-80-72(71(76)77)78-65-64-73(3,4)5)66-79-69(74)62-60-58-56-54-52-50-48-46-44-42-27-25-23-21-19-17-15-13-11-9-7-2/h8,10,14,16,20,22,25-28,30-31,33-34,68,72H,6-7,9,11-13,15,17-19,21,23-24,29,32,35-67H2,1-5H3/b10-8-,16-14-,22-20-,27-25-,28-26-,31-30-,34-33-. The van der Waals surface area contributed by atoms with E-state index >= 15 is 0 Å². The van der Waals surface area contributed by atoms with Crippen molar-refractivity contribution in [1.29, 1.82) is 0 Å². The fourth-order valence-electron chi connectivity index (χ4n) is 9.48.